The molecule has 1 atom stereocenters. The molecule has 1 aliphatic carbocycles. The lowest BCUT2D eigenvalue weighted by Crippen LogP contribution is -2.52. The molecule has 3 rings (SSSR count). The van der Waals surface area contributed by atoms with Gasteiger partial charge in [-0.2, -0.15) is 5.10 Å². The summed E-state index contributed by atoms with van der Waals surface area (Å²) in [5, 5.41) is 10.8. The fourth-order valence-electron chi connectivity index (χ4n) is 3.34. The van der Waals surface area contributed by atoms with Gasteiger partial charge in [0, 0.05) is 31.7 Å². The van der Waals surface area contributed by atoms with Crippen molar-refractivity contribution < 1.29 is 4.79 Å². The predicted molar refractivity (Wildman–Crippen MR) is 82.3 cm³/mol. The fourth-order valence-corrected chi connectivity index (χ4v) is 3.34. The van der Waals surface area contributed by atoms with Crippen molar-refractivity contribution >= 4 is 11.7 Å². The van der Waals surface area contributed by atoms with Gasteiger partial charge in [0.1, 0.15) is 5.82 Å². The number of nitrogens with one attached hydrogen (secondary N) is 2. The van der Waals surface area contributed by atoms with Crippen molar-refractivity contribution in [1.82, 2.24) is 20.0 Å². The maximum absolute atomic E-state index is 12.3. The lowest BCUT2D eigenvalue weighted by molar-refractivity contribution is -0.118. The quantitative estimate of drug-likeness (QED) is 0.876. The minimum Gasteiger partial charge on any atom is -0.314 e. The molecule has 0 spiro atoms. The van der Waals surface area contributed by atoms with E-state index >= 15 is 0 Å². The zero-order chi connectivity index (χ0) is 14.7. The van der Waals surface area contributed by atoms with Crippen molar-refractivity contribution in [2.75, 3.05) is 31.5 Å². The molecule has 1 saturated carbocycles. The van der Waals surface area contributed by atoms with Gasteiger partial charge in [0.25, 0.3) is 0 Å². The maximum Gasteiger partial charge on any atom is 0.239 e. The lowest BCUT2D eigenvalue weighted by Gasteiger charge is -2.33. The molecular formula is C15H25N5O. The first-order valence-corrected chi connectivity index (χ1v) is 8.02. The van der Waals surface area contributed by atoms with Gasteiger partial charge in [0.05, 0.1) is 18.8 Å². The Morgan fingerprint density at radius 1 is 1.48 bits per heavy atom. The molecule has 1 aliphatic heterocycles. The molecule has 116 valence electrons. The van der Waals surface area contributed by atoms with Crippen LogP contribution in [0.2, 0.25) is 0 Å². The average molecular weight is 291 g/mol. The minimum atomic E-state index is 0.0588. The highest BCUT2D eigenvalue weighted by Gasteiger charge is 2.23. The Balaban J connectivity index is 1.58. The second-order valence-electron chi connectivity index (χ2n) is 6.17. The van der Waals surface area contributed by atoms with E-state index < -0.39 is 0 Å². The largest absolute Gasteiger partial charge is 0.314 e. The third kappa shape index (κ3) is 3.44. The molecule has 0 aromatic carbocycles. The molecule has 1 aromatic heterocycles. The van der Waals surface area contributed by atoms with E-state index in [9.17, 15) is 4.79 Å². The second-order valence-corrected chi connectivity index (χ2v) is 6.17. The van der Waals surface area contributed by atoms with Gasteiger partial charge in [0.15, 0.2) is 0 Å². The molecule has 6 heteroatoms. The van der Waals surface area contributed by atoms with Crippen LogP contribution in [0.4, 0.5) is 5.82 Å². The van der Waals surface area contributed by atoms with Gasteiger partial charge in [-0.3, -0.25) is 9.69 Å². The monoisotopic (exact) mass is 291 g/mol. The van der Waals surface area contributed by atoms with E-state index in [0.717, 1.165) is 25.5 Å². The summed E-state index contributed by atoms with van der Waals surface area (Å²) in [7, 11) is 0. The van der Waals surface area contributed by atoms with E-state index in [1.54, 1.807) is 6.20 Å². The summed E-state index contributed by atoms with van der Waals surface area (Å²) in [4.78, 5) is 14.5. The zero-order valence-corrected chi connectivity index (χ0v) is 12.7. The van der Waals surface area contributed by atoms with Crippen LogP contribution in [0.15, 0.2) is 12.3 Å². The normalized spacial score (nSPS) is 24.3. The van der Waals surface area contributed by atoms with Crippen molar-refractivity contribution in [3.63, 3.8) is 0 Å². The average Bonchev–Trinajstić information content (AvgIpc) is 3.11. The summed E-state index contributed by atoms with van der Waals surface area (Å²) in [6.07, 6.45) is 6.63. The van der Waals surface area contributed by atoms with Gasteiger partial charge in [-0.15, -0.1) is 0 Å². The molecule has 1 saturated heterocycles. The summed E-state index contributed by atoms with van der Waals surface area (Å²) in [5.41, 5.74) is 0. The highest BCUT2D eigenvalue weighted by atomic mass is 16.2. The SMILES string of the molecule is C[C@H]1CNCCN1CC(=O)Nc1ccnn1C1CCCC1. The zero-order valence-electron chi connectivity index (χ0n) is 12.7. The molecule has 0 unspecified atom stereocenters. The topological polar surface area (TPSA) is 62.2 Å². The van der Waals surface area contributed by atoms with Crippen molar-refractivity contribution in [2.45, 2.75) is 44.7 Å². The molecule has 2 N–H and O–H groups in total. The Bertz CT molecular complexity index is 480. The number of rotatable bonds is 4. The first-order chi connectivity index (χ1) is 10.2. The molecule has 6 nitrogen and oxygen atoms in total. The molecular weight excluding hydrogens is 266 g/mol. The van der Waals surface area contributed by atoms with E-state index in [-0.39, 0.29) is 5.91 Å². The van der Waals surface area contributed by atoms with Crippen molar-refractivity contribution in [1.29, 1.82) is 0 Å². The van der Waals surface area contributed by atoms with E-state index in [2.05, 4.69) is 27.6 Å². The molecule has 2 fully saturated rings. The Morgan fingerprint density at radius 3 is 3.05 bits per heavy atom. The number of carbonyl (C=O) groups is 1. The van der Waals surface area contributed by atoms with Crippen LogP contribution in [0.5, 0.6) is 0 Å². The highest BCUT2D eigenvalue weighted by Crippen LogP contribution is 2.31. The Morgan fingerprint density at radius 2 is 2.29 bits per heavy atom. The molecule has 0 bridgehead atoms. The van der Waals surface area contributed by atoms with Crippen LogP contribution in [-0.4, -0.2) is 52.8 Å². The number of nitrogens with zero attached hydrogens (tertiary/aromatic N) is 3. The van der Waals surface area contributed by atoms with E-state index in [1.807, 2.05) is 10.7 Å². The third-order valence-corrected chi connectivity index (χ3v) is 4.59. The van der Waals surface area contributed by atoms with Crippen molar-refractivity contribution in [3.05, 3.63) is 12.3 Å². The van der Waals surface area contributed by atoms with Gasteiger partial charge in [-0.25, -0.2) is 4.68 Å². The maximum atomic E-state index is 12.3. The number of hydrogen-bond donors (Lipinski definition) is 2. The van der Waals surface area contributed by atoms with Crippen LogP contribution in [0.1, 0.15) is 38.6 Å². The number of hydrogen-bond acceptors (Lipinski definition) is 4. The Hall–Kier alpha value is -1.40. The summed E-state index contributed by atoms with van der Waals surface area (Å²) < 4.78 is 1.99. The number of aromatic nitrogens is 2. The van der Waals surface area contributed by atoms with Gasteiger partial charge in [-0.05, 0) is 19.8 Å². The summed E-state index contributed by atoms with van der Waals surface area (Å²) in [5.74, 6) is 0.901. The molecule has 1 aromatic rings. The first kappa shape index (κ1) is 14.5. The first-order valence-electron chi connectivity index (χ1n) is 8.02. The smallest absolute Gasteiger partial charge is 0.239 e. The van der Waals surface area contributed by atoms with Crippen LogP contribution in [0.25, 0.3) is 0 Å². The fraction of sp³-hybridized carbons (Fsp3) is 0.733. The number of piperazine rings is 1. The summed E-state index contributed by atoms with van der Waals surface area (Å²) >= 11 is 0. The molecule has 2 aliphatic rings. The lowest BCUT2D eigenvalue weighted by atomic mass is 10.2. The van der Waals surface area contributed by atoms with Gasteiger partial charge in [0.2, 0.25) is 5.91 Å². The van der Waals surface area contributed by atoms with Gasteiger partial charge < -0.3 is 10.6 Å². The van der Waals surface area contributed by atoms with Crippen LogP contribution < -0.4 is 10.6 Å². The second kappa shape index (κ2) is 6.58. The van der Waals surface area contributed by atoms with E-state index in [1.165, 1.54) is 25.7 Å². The van der Waals surface area contributed by atoms with Gasteiger partial charge in [-0.1, -0.05) is 12.8 Å². The number of anilines is 1. The Kier molecular flexibility index (Phi) is 4.55. The highest BCUT2D eigenvalue weighted by molar-refractivity contribution is 5.91. The molecule has 1 amide bonds. The molecule has 21 heavy (non-hydrogen) atoms. The standard InChI is InChI=1S/C15H25N5O/c1-12-10-16-8-9-19(12)11-15(21)18-14-6-7-17-20(14)13-4-2-3-5-13/h6-7,12-13,16H,2-5,8-11H2,1H3,(H,18,21)/t12-/m0/s1. The number of amides is 1. The van der Waals surface area contributed by atoms with Crippen LogP contribution in [0.3, 0.4) is 0 Å². The van der Waals surface area contributed by atoms with Crippen LogP contribution >= 0.6 is 0 Å². The van der Waals surface area contributed by atoms with E-state index in [0.29, 0.717) is 18.6 Å². The summed E-state index contributed by atoms with van der Waals surface area (Å²) in [6.45, 7) is 5.45. The van der Waals surface area contributed by atoms with Gasteiger partial charge >= 0.3 is 0 Å². The Labute approximate surface area is 125 Å². The van der Waals surface area contributed by atoms with Crippen LogP contribution in [0, 0.1) is 0 Å². The van der Waals surface area contributed by atoms with Crippen LogP contribution in [-0.2, 0) is 4.79 Å². The molecule has 0 radical (unpaired) electrons. The summed E-state index contributed by atoms with van der Waals surface area (Å²) in [6, 6.07) is 2.76. The third-order valence-electron chi connectivity index (χ3n) is 4.59. The minimum absolute atomic E-state index is 0.0588. The van der Waals surface area contributed by atoms with Crippen molar-refractivity contribution in [2.24, 2.45) is 0 Å². The van der Waals surface area contributed by atoms with Crippen molar-refractivity contribution in [3.8, 4) is 0 Å². The molecule has 2 heterocycles. The number of carbonyl (C=O) groups excluding carboxylic acids is 1. The predicted octanol–water partition coefficient (Wildman–Crippen LogP) is 1.23. The van der Waals surface area contributed by atoms with E-state index in [4.69, 9.17) is 0 Å².